The van der Waals surface area contributed by atoms with Gasteiger partial charge in [-0.2, -0.15) is 4.98 Å². The van der Waals surface area contributed by atoms with Crippen LogP contribution in [0.25, 0.3) is 11.5 Å². The summed E-state index contributed by atoms with van der Waals surface area (Å²) < 4.78 is 5.10. The largest absolute Gasteiger partial charge is 0.481 e. The zero-order valence-corrected chi connectivity index (χ0v) is 12.5. The van der Waals surface area contributed by atoms with Crippen LogP contribution in [0.3, 0.4) is 0 Å². The van der Waals surface area contributed by atoms with Gasteiger partial charge in [0.05, 0.1) is 17.0 Å². The van der Waals surface area contributed by atoms with Gasteiger partial charge in [0.1, 0.15) is 0 Å². The summed E-state index contributed by atoms with van der Waals surface area (Å²) in [5.41, 5.74) is 0.867. The van der Waals surface area contributed by atoms with E-state index in [2.05, 4.69) is 15.5 Å². The number of aromatic nitrogens is 2. The molecule has 0 aliphatic rings. The molecule has 0 saturated carbocycles. The molecule has 116 valence electrons. The highest BCUT2D eigenvalue weighted by atomic mass is 16.5. The molecule has 0 spiro atoms. The number of hydrogen-bond acceptors (Lipinski definition) is 5. The fraction of sp³-hybridized carbons (Fsp3) is 0.333. The molecule has 2 atom stereocenters. The van der Waals surface area contributed by atoms with E-state index in [-0.39, 0.29) is 11.8 Å². The molecule has 7 heteroatoms. The molecule has 0 bridgehead atoms. The number of benzene rings is 1. The first kappa shape index (κ1) is 15.7. The number of carbonyl (C=O) groups is 2. The average Bonchev–Trinajstić information content (AvgIpc) is 2.92. The lowest BCUT2D eigenvalue weighted by Gasteiger charge is -2.18. The van der Waals surface area contributed by atoms with Gasteiger partial charge < -0.3 is 14.9 Å². The summed E-state index contributed by atoms with van der Waals surface area (Å²) in [5, 5.41) is 15.4. The van der Waals surface area contributed by atoms with Crippen molar-refractivity contribution in [3.05, 3.63) is 35.7 Å². The van der Waals surface area contributed by atoms with Crippen LogP contribution in [0.1, 0.15) is 30.0 Å². The van der Waals surface area contributed by atoms with Gasteiger partial charge in [-0.25, -0.2) is 0 Å². The Morgan fingerprint density at radius 3 is 2.55 bits per heavy atom. The van der Waals surface area contributed by atoms with Gasteiger partial charge in [0.25, 0.3) is 11.8 Å². The average molecular weight is 303 g/mol. The van der Waals surface area contributed by atoms with E-state index < -0.39 is 17.9 Å². The standard InChI is InChI=1S/C15H17N3O4/c1-8(15(20)21)9(2)16-13(19)11-6-4-5-7-12(11)14-17-10(3)18-22-14/h4-9H,1-3H3,(H,16,19)(H,20,21). The maximum atomic E-state index is 12.4. The maximum Gasteiger partial charge on any atom is 0.308 e. The van der Waals surface area contributed by atoms with Gasteiger partial charge in [-0.1, -0.05) is 17.3 Å². The Morgan fingerprint density at radius 1 is 1.27 bits per heavy atom. The van der Waals surface area contributed by atoms with E-state index in [1.165, 1.54) is 0 Å². The minimum absolute atomic E-state index is 0.252. The first-order valence-corrected chi connectivity index (χ1v) is 6.83. The number of hydrogen-bond donors (Lipinski definition) is 2. The lowest BCUT2D eigenvalue weighted by atomic mass is 10.0. The number of aryl methyl sites for hydroxylation is 1. The fourth-order valence-electron chi connectivity index (χ4n) is 1.90. The zero-order valence-electron chi connectivity index (χ0n) is 12.5. The normalized spacial score (nSPS) is 13.4. The van der Waals surface area contributed by atoms with E-state index in [1.807, 2.05) is 0 Å². The SMILES string of the molecule is Cc1noc(-c2ccccc2C(=O)NC(C)C(C)C(=O)O)n1. The molecule has 1 heterocycles. The predicted octanol–water partition coefficient (Wildman–Crippen LogP) is 1.88. The molecule has 2 rings (SSSR count). The van der Waals surface area contributed by atoms with Gasteiger partial charge in [0.2, 0.25) is 0 Å². The molecule has 1 aromatic carbocycles. The van der Waals surface area contributed by atoms with Crippen molar-refractivity contribution < 1.29 is 19.2 Å². The Kier molecular flexibility index (Phi) is 4.55. The molecule has 2 aromatic rings. The second-order valence-corrected chi connectivity index (χ2v) is 5.08. The molecular formula is C15H17N3O4. The van der Waals surface area contributed by atoms with Crippen molar-refractivity contribution in [2.45, 2.75) is 26.8 Å². The van der Waals surface area contributed by atoms with Crippen molar-refractivity contribution in [3.8, 4) is 11.5 Å². The molecular weight excluding hydrogens is 286 g/mol. The van der Waals surface area contributed by atoms with Crippen LogP contribution in [0.2, 0.25) is 0 Å². The Hall–Kier alpha value is -2.70. The third-order valence-corrected chi connectivity index (χ3v) is 3.43. The highest BCUT2D eigenvalue weighted by Crippen LogP contribution is 2.22. The van der Waals surface area contributed by atoms with Gasteiger partial charge in [0, 0.05) is 6.04 Å². The third kappa shape index (κ3) is 3.30. The number of nitrogens with one attached hydrogen (secondary N) is 1. The minimum Gasteiger partial charge on any atom is -0.481 e. The number of aliphatic carboxylic acids is 1. The van der Waals surface area contributed by atoms with Gasteiger partial charge >= 0.3 is 5.97 Å². The van der Waals surface area contributed by atoms with Crippen LogP contribution in [0, 0.1) is 12.8 Å². The summed E-state index contributed by atoms with van der Waals surface area (Å²) >= 11 is 0. The monoisotopic (exact) mass is 303 g/mol. The molecule has 0 saturated heterocycles. The Bertz CT molecular complexity index is 696. The van der Waals surface area contributed by atoms with E-state index in [0.29, 0.717) is 17.0 Å². The molecule has 0 radical (unpaired) electrons. The summed E-state index contributed by atoms with van der Waals surface area (Å²) in [7, 11) is 0. The molecule has 22 heavy (non-hydrogen) atoms. The lowest BCUT2D eigenvalue weighted by Crippen LogP contribution is -2.40. The van der Waals surface area contributed by atoms with Crippen LogP contribution in [0.5, 0.6) is 0 Å². The van der Waals surface area contributed by atoms with Crippen LogP contribution in [-0.2, 0) is 4.79 Å². The molecule has 0 fully saturated rings. The number of rotatable bonds is 5. The molecule has 7 nitrogen and oxygen atoms in total. The lowest BCUT2D eigenvalue weighted by molar-refractivity contribution is -0.141. The van der Waals surface area contributed by atoms with E-state index >= 15 is 0 Å². The summed E-state index contributed by atoms with van der Waals surface area (Å²) in [4.78, 5) is 27.5. The smallest absolute Gasteiger partial charge is 0.308 e. The fourth-order valence-corrected chi connectivity index (χ4v) is 1.90. The predicted molar refractivity (Wildman–Crippen MR) is 78.2 cm³/mol. The van der Waals surface area contributed by atoms with E-state index in [1.54, 1.807) is 45.0 Å². The molecule has 2 N–H and O–H groups in total. The van der Waals surface area contributed by atoms with Crippen molar-refractivity contribution in [1.82, 2.24) is 15.5 Å². The van der Waals surface area contributed by atoms with Gasteiger partial charge in [-0.3, -0.25) is 9.59 Å². The Labute approximate surface area is 127 Å². The van der Waals surface area contributed by atoms with Crippen molar-refractivity contribution in [2.24, 2.45) is 5.92 Å². The van der Waals surface area contributed by atoms with Crippen LogP contribution >= 0.6 is 0 Å². The minimum atomic E-state index is -0.964. The second-order valence-electron chi connectivity index (χ2n) is 5.08. The molecule has 1 aromatic heterocycles. The van der Waals surface area contributed by atoms with Crippen LogP contribution in [-0.4, -0.2) is 33.2 Å². The first-order valence-electron chi connectivity index (χ1n) is 6.83. The van der Waals surface area contributed by atoms with E-state index in [9.17, 15) is 9.59 Å². The van der Waals surface area contributed by atoms with Crippen molar-refractivity contribution in [1.29, 1.82) is 0 Å². The number of carboxylic acid groups (broad SMARTS) is 1. The van der Waals surface area contributed by atoms with E-state index in [0.717, 1.165) is 0 Å². The van der Waals surface area contributed by atoms with Crippen molar-refractivity contribution in [2.75, 3.05) is 0 Å². The Morgan fingerprint density at radius 2 is 1.95 bits per heavy atom. The Balaban J connectivity index is 2.26. The number of carboxylic acids is 1. The van der Waals surface area contributed by atoms with Crippen LogP contribution < -0.4 is 5.32 Å². The van der Waals surface area contributed by atoms with Crippen molar-refractivity contribution in [3.63, 3.8) is 0 Å². The number of carbonyl (C=O) groups excluding carboxylic acids is 1. The second kappa shape index (κ2) is 6.38. The highest BCUT2D eigenvalue weighted by molar-refractivity contribution is 6.00. The van der Waals surface area contributed by atoms with Gasteiger partial charge in [-0.05, 0) is 32.9 Å². The number of nitrogens with zero attached hydrogens (tertiary/aromatic N) is 2. The van der Waals surface area contributed by atoms with Crippen LogP contribution in [0.4, 0.5) is 0 Å². The summed E-state index contributed by atoms with van der Waals surface area (Å²) in [5.74, 6) is -1.32. The highest BCUT2D eigenvalue weighted by Gasteiger charge is 2.23. The van der Waals surface area contributed by atoms with Crippen molar-refractivity contribution >= 4 is 11.9 Å². The van der Waals surface area contributed by atoms with Gasteiger partial charge in [0.15, 0.2) is 5.82 Å². The maximum absolute atomic E-state index is 12.4. The van der Waals surface area contributed by atoms with Gasteiger partial charge in [-0.15, -0.1) is 0 Å². The first-order chi connectivity index (χ1) is 10.4. The summed E-state index contributed by atoms with van der Waals surface area (Å²) in [6.45, 7) is 4.88. The quantitative estimate of drug-likeness (QED) is 0.873. The zero-order chi connectivity index (χ0) is 16.3. The van der Waals surface area contributed by atoms with Crippen LogP contribution in [0.15, 0.2) is 28.8 Å². The molecule has 0 aliphatic heterocycles. The summed E-state index contributed by atoms with van der Waals surface area (Å²) in [6, 6.07) is 6.29. The molecule has 0 aliphatic carbocycles. The summed E-state index contributed by atoms with van der Waals surface area (Å²) in [6.07, 6.45) is 0. The topological polar surface area (TPSA) is 105 Å². The number of amides is 1. The van der Waals surface area contributed by atoms with E-state index in [4.69, 9.17) is 9.63 Å². The molecule has 2 unspecified atom stereocenters. The molecule has 1 amide bonds. The third-order valence-electron chi connectivity index (χ3n) is 3.43.